The number of nitrogens with one attached hydrogen (secondary N) is 1. The second-order valence-electron chi connectivity index (χ2n) is 6.31. The molecule has 1 aliphatic rings. The molecule has 2 rings (SSSR count). The summed E-state index contributed by atoms with van der Waals surface area (Å²) in [4.78, 5) is 0. The first-order valence-electron chi connectivity index (χ1n) is 8.23. The highest BCUT2D eigenvalue weighted by molar-refractivity contribution is 5.27. The third-order valence-electron chi connectivity index (χ3n) is 4.62. The number of hydrogen-bond donors (Lipinski definition) is 2. The SMILES string of the molecule is COc1ccc(CCC(C)NCC2CCCCC2O)cc1. The van der Waals surface area contributed by atoms with E-state index in [0.29, 0.717) is 12.0 Å². The van der Waals surface area contributed by atoms with Gasteiger partial charge in [0.15, 0.2) is 0 Å². The van der Waals surface area contributed by atoms with Crippen LogP contribution in [0, 0.1) is 5.92 Å². The van der Waals surface area contributed by atoms with Gasteiger partial charge in [0.05, 0.1) is 13.2 Å². The van der Waals surface area contributed by atoms with Crippen LogP contribution in [0.3, 0.4) is 0 Å². The second kappa shape index (κ2) is 8.40. The van der Waals surface area contributed by atoms with Gasteiger partial charge >= 0.3 is 0 Å². The Labute approximate surface area is 128 Å². The summed E-state index contributed by atoms with van der Waals surface area (Å²) in [7, 11) is 1.70. The number of aliphatic hydroxyl groups is 1. The van der Waals surface area contributed by atoms with Crippen LogP contribution in [0.25, 0.3) is 0 Å². The number of hydrogen-bond acceptors (Lipinski definition) is 3. The van der Waals surface area contributed by atoms with Crippen LogP contribution in [0.2, 0.25) is 0 Å². The average Bonchev–Trinajstić information content (AvgIpc) is 2.52. The van der Waals surface area contributed by atoms with Crippen LogP contribution in [-0.2, 0) is 6.42 Å². The van der Waals surface area contributed by atoms with E-state index in [2.05, 4.69) is 24.4 Å². The van der Waals surface area contributed by atoms with Gasteiger partial charge in [0.25, 0.3) is 0 Å². The molecule has 1 saturated carbocycles. The van der Waals surface area contributed by atoms with E-state index in [9.17, 15) is 5.11 Å². The molecular weight excluding hydrogens is 262 g/mol. The maximum atomic E-state index is 9.99. The molecule has 0 aliphatic heterocycles. The van der Waals surface area contributed by atoms with Gasteiger partial charge < -0.3 is 15.2 Å². The van der Waals surface area contributed by atoms with E-state index in [0.717, 1.165) is 31.6 Å². The highest BCUT2D eigenvalue weighted by atomic mass is 16.5. The largest absolute Gasteiger partial charge is 0.497 e. The lowest BCUT2D eigenvalue weighted by atomic mass is 9.86. The zero-order valence-electron chi connectivity index (χ0n) is 13.3. The van der Waals surface area contributed by atoms with Crippen LogP contribution >= 0.6 is 0 Å². The minimum absolute atomic E-state index is 0.0972. The van der Waals surface area contributed by atoms with E-state index in [-0.39, 0.29) is 6.10 Å². The Morgan fingerprint density at radius 3 is 2.62 bits per heavy atom. The van der Waals surface area contributed by atoms with Gasteiger partial charge in [-0.2, -0.15) is 0 Å². The fraction of sp³-hybridized carbons (Fsp3) is 0.667. The molecule has 1 aromatic carbocycles. The van der Waals surface area contributed by atoms with Crippen LogP contribution in [0.15, 0.2) is 24.3 Å². The predicted octanol–water partition coefficient (Wildman–Crippen LogP) is 3.16. The summed E-state index contributed by atoms with van der Waals surface area (Å²) < 4.78 is 5.17. The van der Waals surface area contributed by atoms with Crippen molar-refractivity contribution in [1.29, 1.82) is 0 Å². The number of rotatable bonds is 7. The van der Waals surface area contributed by atoms with E-state index in [4.69, 9.17) is 4.74 Å². The van der Waals surface area contributed by atoms with Crippen molar-refractivity contribution in [2.75, 3.05) is 13.7 Å². The smallest absolute Gasteiger partial charge is 0.118 e. The number of benzene rings is 1. The Kier molecular flexibility index (Phi) is 6.52. The van der Waals surface area contributed by atoms with Gasteiger partial charge in [-0.05, 0) is 56.2 Å². The van der Waals surface area contributed by atoms with E-state index in [1.165, 1.54) is 24.8 Å². The number of aliphatic hydroxyl groups excluding tert-OH is 1. The van der Waals surface area contributed by atoms with Crippen molar-refractivity contribution >= 4 is 0 Å². The Balaban J connectivity index is 1.67. The van der Waals surface area contributed by atoms with Crippen molar-refractivity contribution in [2.45, 2.75) is 57.6 Å². The molecule has 0 radical (unpaired) electrons. The zero-order chi connectivity index (χ0) is 15.1. The van der Waals surface area contributed by atoms with Gasteiger partial charge in [0, 0.05) is 12.6 Å². The van der Waals surface area contributed by atoms with Gasteiger partial charge in [-0.25, -0.2) is 0 Å². The molecule has 118 valence electrons. The lowest BCUT2D eigenvalue weighted by molar-refractivity contribution is 0.0683. The minimum atomic E-state index is -0.0972. The Hall–Kier alpha value is -1.06. The van der Waals surface area contributed by atoms with Gasteiger partial charge in [-0.1, -0.05) is 25.0 Å². The monoisotopic (exact) mass is 291 g/mol. The first-order valence-corrected chi connectivity index (χ1v) is 8.23. The molecule has 3 nitrogen and oxygen atoms in total. The minimum Gasteiger partial charge on any atom is -0.497 e. The van der Waals surface area contributed by atoms with E-state index < -0.39 is 0 Å². The molecule has 1 aromatic rings. The molecule has 2 N–H and O–H groups in total. The third kappa shape index (κ3) is 5.33. The molecule has 0 bridgehead atoms. The fourth-order valence-electron chi connectivity index (χ4n) is 3.06. The summed E-state index contributed by atoms with van der Waals surface area (Å²) in [6, 6.07) is 8.80. The molecule has 0 amide bonds. The first kappa shape index (κ1) is 16.3. The van der Waals surface area contributed by atoms with Crippen molar-refractivity contribution < 1.29 is 9.84 Å². The summed E-state index contributed by atoms with van der Waals surface area (Å²) in [6.07, 6.45) is 6.70. The van der Waals surface area contributed by atoms with Crippen LogP contribution in [0.5, 0.6) is 5.75 Å². The van der Waals surface area contributed by atoms with Crippen molar-refractivity contribution in [2.24, 2.45) is 5.92 Å². The second-order valence-corrected chi connectivity index (χ2v) is 6.31. The van der Waals surface area contributed by atoms with Gasteiger partial charge in [0.1, 0.15) is 5.75 Å². The maximum Gasteiger partial charge on any atom is 0.118 e. The number of ether oxygens (including phenoxy) is 1. The van der Waals surface area contributed by atoms with Gasteiger partial charge in [-0.3, -0.25) is 0 Å². The molecule has 0 aromatic heterocycles. The molecule has 1 aliphatic carbocycles. The van der Waals surface area contributed by atoms with Crippen molar-refractivity contribution in [3.05, 3.63) is 29.8 Å². The molecule has 1 fully saturated rings. The Morgan fingerprint density at radius 2 is 1.95 bits per heavy atom. The summed E-state index contributed by atoms with van der Waals surface area (Å²) in [6.45, 7) is 3.18. The summed E-state index contributed by atoms with van der Waals surface area (Å²) in [5, 5.41) is 13.6. The van der Waals surface area contributed by atoms with E-state index in [1.54, 1.807) is 7.11 Å². The molecule has 3 unspecified atom stereocenters. The first-order chi connectivity index (χ1) is 10.2. The summed E-state index contributed by atoms with van der Waals surface area (Å²) >= 11 is 0. The van der Waals surface area contributed by atoms with Gasteiger partial charge in [0.2, 0.25) is 0 Å². The summed E-state index contributed by atoms with van der Waals surface area (Å²) in [5.74, 6) is 1.36. The van der Waals surface area contributed by atoms with Crippen molar-refractivity contribution in [3.63, 3.8) is 0 Å². The van der Waals surface area contributed by atoms with E-state index in [1.807, 2.05) is 12.1 Å². The molecule has 21 heavy (non-hydrogen) atoms. The van der Waals surface area contributed by atoms with Crippen LogP contribution in [-0.4, -0.2) is 30.9 Å². The number of aryl methyl sites for hydroxylation is 1. The molecule has 3 atom stereocenters. The molecular formula is C18H29NO2. The van der Waals surface area contributed by atoms with Crippen molar-refractivity contribution in [3.8, 4) is 5.75 Å². The lowest BCUT2D eigenvalue weighted by Gasteiger charge is -2.29. The molecule has 0 spiro atoms. The van der Waals surface area contributed by atoms with E-state index >= 15 is 0 Å². The Bertz CT molecular complexity index is 404. The van der Waals surface area contributed by atoms with Crippen molar-refractivity contribution in [1.82, 2.24) is 5.32 Å². The third-order valence-corrected chi connectivity index (χ3v) is 4.62. The van der Waals surface area contributed by atoms with Crippen LogP contribution < -0.4 is 10.1 Å². The normalized spacial score (nSPS) is 23.8. The quantitative estimate of drug-likeness (QED) is 0.811. The maximum absolute atomic E-state index is 9.99. The predicted molar refractivity (Wildman–Crippen MR) is 86.7 cm³/mol. The lowest BCUT2D eigenvalue weighted by Crippen LogP contribution is -2.37. The van der Waals surface area contributed by atoms with Gasteiger partial charge in [-0.15, -0.1) is 0 Å². The average molecular weight is 291 g/mol. The summed E-state index contributed by atoms with van der Waals surface area (Å²) in [5.41, 5.74) is 1.35. The fourth-order valence-corrected chi connectivity index (χ4v) is 3.06. The highest BCUT2D eigenvalue weighted by Gasteiger charge is 2.22. The molecule has 0 saturated heterocycles. The van der Waals surface area contributed by atoms with Crippen LogP contribution in [0.1, 0.15) is 44.6 Å². The zero-order valence-corrected chi connectivity index (χ0v) is 13.3. The number of methoxy groups -OCH3 is 1. The molecule has 0 heterocycles. The standard InChI is InChI=1S/C18H29NO2/c1-14(19-13-16-5-3-4-6-18(16)20)7-8-15-9-11-17(21-2)12-10-15/h9-12,14,16,18-20H,3-8,13H2,1-2H3. The van der Waals surface area contributed by atoms with Crippen LogP contribution in [0.4, 0.5) is 0 Å². The molecule has 3 heteroatoms. The Morgan fingerprint density at radius 1 is 1.24 bits per heavy atom. The highest BCUT2D eigenvalue weighted by Crippen LogP contribution is 2.23. The topological polar surface area (TPSA) is 41.5 Å².